The Kier molecular flexibility index (Phi) is 8.40. The van der Waals surface area contributed by atoms with Crippen LogP contribution in [-0.2, 0) is 14.3 Å². The van der Waals surface area contributed by atoms with Gasteiger partial charge in [0.1, 0.15) is 6.54 Å². The van der Waals surface area contributed by atoms with Gasteiger partial charge >= 0.3 is 5.97 Å². The van der Waals surface area contributed by atoms with E-state index in [0.717, 1.165) is 19.3 Å². The number of carbonyl (C=O) groups excluding carboxylic acids is 2. The first-order valence-corrected chi connectivity index (χ1v) is 6.15. The first-order chi connectivity index (χ1) is 8.04. The van der Waals surface area contributed by atoms with Crippen molar-refractivity contribution in [2.75, 3.05) is 20.2 Å². The Balaban J connectivity index is 4.27. The summed E-state index contributed by atoms with van der Waals surface area (Å²) in [5, 5.41) is 0. The monoisotopic (exact) mass is 244 g/mol. The van der Waals surface area contributed by atoms with E-state index in [1.54, 1.807) is 0 Å². The van der Waals surface area contributed by atoms with Gasteiger partial charge in [-0.05, 0) is 12.8 Å². The Hall–Kier alpha value is -1.10. The molecule has 5 nitrogen and oxygen atoms in total. The maximum Gasteiger partial charge on any atom is 0.325 e. The molecular formula is C12H24N2O3. The van der Waals surface area contributed by atoms with Gasteiger partial charge in [0.25, 0.3) is 0 Å². The molecule has 5 heteroatoms. The van der Waals surface area contributed by atoms with Gasteiger partial charge in [0.05, 0.1) is 7.11 Å². The number of ether oxygens (including phenoxy) is 1. The molecule has 0 aliphatic carbocycles. The lowest BCUT2D eigenvalue weighted by Gasteiger charge is -2.22. The maximum absolute atomic E-state index is 11.9. The molecule has 17 heavy (non-hydrogen) atoms. The van der Waals surface area contributed by atoms with E-state index in [9.17, 15) is 9.59 Å². The van der Waals surface area contributed by atoms with Crippen LogP contribution in [0.2, 0.25) is 0 Å². The highest BCUT2D eigenvalue weighted by Gasteiger charge is 2.18. The number of amides is 1. The summed E-state index contributed by atoms with van der Waals surface area (Å²) in [5.41, 5.74) is 5.82. The molecule has 100 valence electrons. The minimum Gasteiger partial charge on any atom is -0.468 e. The molecule has 0 saturated carbocycles. The fraction of sp³-hybridized carbons (Fsp3) is 0.833. The summed E-state index contributed by atoms with van der Waals surface area (Å²) >= 11 is 0. The van der Waals surface area contributed by atoms with Crippen LogP contribution in [0.3, 0.4) is 0 Å². The van der Waals surface area contributed by atoms with Crippen molar-refractivity contribution in [2.24, 2.45) is 5.73 Å². The second-order valence-electron chi connectivity index (χ2n) is 4.14. The first-order valence-electron chi connectivity index (χ1n) is 6.15. The van der Waals surface area contributed by atoms with Crippen LogP contribution in [0, 0.1) is 0 Å². The Morgan fingerprint density at radius 3 is 2.41 bits per heavy atom. The third-order valence-corrected chi connectivity index (χ3v) is 2.49. The number of nitrogens with zero attached hydrogens (tertiary/aromatic N) is 1. The number of methoxy groups -OCH3 is 1. The van der Waals surface area contributed by atoms with E-state index in [-0.39, 0.29) is 18.5 Å². The standard InChI is InChI=1S/C12H24N2O3/c1-4-6-10(13)8-11(15)14(7-5-2)9-12(16)17-3/h10H,4-9,13H2,1-3H3. The molecule has 0 fully saturated rings. The highest BCUT2D eigenvalue weighted by atomic mass is 16.5. The molecule has 0 saturated heterocycles. The molecule has 0 bridgehead atoms. The zero-order valence-corrected chi connectivity index (χ0v) is 11.1. The van der Waals surface area contributed by atoms with Crippen molar-refractivity contribution in [1.29, 1.82) is 0 Å². The molecule has 0 aliphatic rings. The van der Waals surface area contributed by atoms with Crippen LogP contribution < -0.4 is 5.73 Å². The summed E-state index contributed by atoms with van der Waals surface area (Å²) in [5.74, 6) is -0.464. The van der Waals surface area contributed by atoms with Gasteiger partial charge in [-0.2, -0.15) is 0 Å². The van der Waals surface area contributed by atoms with E-state index < -0.39 is 5.97 Å². The number of rotatable bonds is 8. The molecule has 0 aliphatic heterocycles. The molecule has 1 unspecified atom stereocenters. The summed E-state index contributed by atoms with van der Waals surface area (Å²) in [4.78, 5) is 24.6. The predicted molar refractivity (Wildman–Crippen MR) is 66.4 cm³/mol. The van der Waals surface area contributed by atoms with Gasteiger partial charge in [0.15, 0.2) is 0 Å². The van der Waals surface area contributed by atoms with Gasteiger partial charge in [-0.1, -0.05) is 20.3 Å². The largest absolute Gasteiger partial charge is 0.468 e. The highest BCUT2D eigenvalue weighted by Crippen LogP contribution is 2.04. The number of hydrogen-bond donors (Lipinski definition) is 1. The minimum absolute atomic E-state index is 0.0159. The average molecular weight is 244 g/mol. The van der Waals surface area contributed by atoms with Crippen molar-refractivity contribution < 1.29 is 14.3 Å². The van der Waals surface area contributed by atoms with Crippen LogP contribution >= 0.6 is 0 Å². The van der Waals surface area contributed by atoms with Gasteiger partial charge in [-0.15, -0.1) is 0 Å². The summed E-state index contributed by atoms with van der Waals surface area (Å²) in [6.45, 7) is 4.57. The molecule has 0 aromatic carbocycles. The van der Waals surface area contributed by atoms with Crippen molar-refractivity contribution in [3.8, 4) is 0 Å². The summed E-state index contributed by atoms with van der Waals surface area (Å²) in [6.07, 6.45) is 2.89. The number of nitrogens with two attached hydrogens (primary N) is 1. The summed E-state index contributed by atoms with van der Waals surface area (Å²) in [7, 11) is 1.32. The second kappa shape index (κ2) is 8.98. The van der Waals surface area contributed by atoms with Crippen LogP contribution in [0.25, 0.3) is 0 Å². The quantitative estimate of drug-likeness (QED) is 0.644. The maximum atomic E-state index is 11.9. The average Bonchev–Trinajstić information content (AvgIpc) is 2.28. The molecule has 0 rings (SSSR count). The zero-order valence-electron chi connectivity index (χ0n) is 11.1. The van der Waals surface area contributed by atoms with E-state index in [4.69, 9.17) is 5.73 Å². The lowest BCUT2D eigenvalue weighted by Crippen LogP contribution is -2.39. The second-order valence-corrected chi connectivity index (χ2v) is 4.14. The van der Waals surface area contributed by atoms with Crippen LogP contribution in [0.5, 0.6) is 0 Å². The van der Waals surface area contributed by atoms with Gasteiger partial charge in [-0.3, -0.25) is 9.59 Å². The van der Waals surface area contributed by atoms with Crippen LogP contribution in [-0.4, -0.2) is 43.0 Å². The Bertz CT molecular complexity index is 244. The molecule has 0 spiro atoms. The van der Waals surface area contributed by atoms with E-state index in [0.29, 0.717) is 13.0 Å². The fourth-order valence-electron chi connectivity index (χ4n) is 1.61. The van der Waals surface area contributed by atoms with Crippen molar-refractivity contribution in [2.45, 2.75) is 45.6 Å². The molecule has 0 heterocycles. The van der Waals surface area contributed by atoms with E-state index >= 15 is 0 Å². The van der Waals surface area contributed by atoms with Crippen molar-refractivity contribution in [1.82, 2.24) is 4.90 Å². The first kappa shape index (κ1) is 15.9. The Morgan fingerprint density at radius 2 is 1.94 bits per heavy atom. The highest BCUT2D eigenvalue weighted by molar-refractivity contribution is 5.82. The van der Waals surface area contributed by atoms with Gasteiger partial charge in [-0.25, -0.2) is 0 Å². The number of carbonyl (C=O) groups is 2. The van der Waals surface area contributed by atoms with Crippen LogP contribution in [0.4, 0.5) is 0 Å². The van der Waals surface area contributed by atoms with E-state index in [1.165, 1.54) is 12.0 Å². The van der Waals surface area contributed by atoms with Crippen molar-refractivity contribution in [3.63, 3.8) is 0 Å². The van der Waals surface area contributed by atoms with E-state index in [1.807, 2.05) is 13.8 Å². The predicted octanol–water partition coefficient (Wildman–Crippen LogP) is 0.916. The molecule has 1 atom stereocenters. The summed E-state index contributed by atoms with van der Waals surface area (Å²) in [6, 6.07) is -0.121. The molecular weight excluding hydrogens is 220 g/mol. The number of hydrogen-bond acceptors (Lipinski definition) is 4. The van der Waals surface area contributed by atoms with Crippen molar-refractivity contribution >= 4 is 11.9 Å². The van der Waals surface area contributed by atoms with Crippen LogP contribution in [0.15, 0.2) is 0 Å². The van der Waals surface area contributed by atoms with Gasteiger partial charge in [0, 0.05) is 19.0 Å². The van der Waals surface area contributed by atoms with Crippen LogP contribution in [0.1, 0.15) is 39.5 Å². The molecule has 0 aromatic rings. The molecule has 0 aromatic heterocycles. The fourth-order valence-corrected chi connectivity index (χ4v) is 1.61. The smallest absolute Gasteiger partial charge is 0.325 e. The third-order valence-electron chi connectivity index (χ3n) is 2.49. The van der Waals surface area contributed by atoms with Crippen molar-refractivity contribution in [3.05, 3.63) is 0 Å². The van der Waals surface area contributed by atoms with E-state index in [2.05, 4.69) is 4.74 Å². The Morgan fingerprint density at radius 1 is 1.29 bits per heavy atom. The normalized spacial score (nSPS) is 12.0. The summed E-state index contributed by atoms with van der Waals surface area (Å²) < 4.78 is 4.57. The van der Waals surface area contributed by atoms with Gasteiger partial charge in [0.2, 0.25) is 5.91 Å². The zero-order chi connectivity index (χ0) is 13.3. The SMILES string of the molecule is CCCC(N)CC(=O)N(CCC)CC(=O)OC. The lowest BCUT2D eigenvalue weighted by molar-refractivity contribution is -0.147. The Labute approximate surface area is 103 Å². The number of esters is 1. The molecule has 2 N–H and O–H groups in total. The minimum atomic E-state index is -0.393. The third kappa shape index (κ3) is 6.94. The lowest BCUT2D eigenvalue weighted by atomic mass is 10.1. The van der Waals surface area contributed by atoms with Gasteiger partial charge < -0.3 is 15.4 Å². The topological polar surface area (TPSA) is 72.6 Å². The molecule has 1 amide bonds. The molecule has 0 radical (unpaired) electrons.